The van der Waals surface area contributed by atoms with Gasteiger partial charge >= 0.3 is 0 Å². The molecule has 1 aromatic heterocycles. The number of hydrogen-bond acceptors (Lipinski definition) is 2. The number of hydrogen-bond donors (Lipinski definition) is 1. The van der Waals surface area contributed by atoms with Crippen LogP contribution < -0.4 is 4.74 Å². The van der Waals surface area contributed by atoms with Crippen molar-refractivity contribution >= 4 is 28.3 Å². The Morgan fingerprint density at radius 1 is 1.19 bits per heavy atom. The Kier molecular flexibility index (Phi) is 3.43. The molecule has 0 saturated heterocycles. The van der Waals surface area contributed by atoms with Crippen LogP contribution in [0.25, 0.3) is 10.9 Å². The van der Waals surface area contributed by atoms with Crippen LogP contribution in [0.1, 0.15) is 21.5 Å². The number of aryl methyl sites for hydroxylation is 1. The predicted octanol–water partition coefficient (Wildman–Crippen LogP) is 4.37. The molecule has 1 heterocycles. The highest BCUT2D eigenvalue weighted by atomic mass is 35.5. The van der Waals surface area contributed by atoms with Crippen molar-refractivity contribution < 1.29 is 9.53 Å². The number of methoxy groups -OCH3 is 1. The van der Waals surface area contributed by atoms with Gasteiger partial charge in [-0.2, -0.15) is 0 Å². The van der Waals surface area contributed by atoms with Crippen molar-refractivity contribution in [3.05, 3.63) is 64.3 Å². The highest BCUT2D eigenvalue weighted by molar-refractivity contribution is 6.35. The van der Waals surface area contributed by atoms with Gasteiger partial charge in [0.2, 0.25) is 0 Å². The number of benzene rings is 2. The smallest absolute Gasteiger partial charge is 0.198 e. The van der Waals surface area contributed by atoms with Gasteiger partial charge in [0.05, 0.1) is 23.2 Å². The van der Waals surface area contributed by atoms with E-state index in [4.69, 9.17) is 16.3 Å². The highest BCUT2D eigenvalue weighted by Gasteiger charge is 2.18. The number of fused-ring (bicyclic) bond motifs is 1. The maximum atomic E-state index is 12.8. The minimum absolute atomic E-state index is 0.0796. The first-order valence-corrected chi connectivity index (χ1v) is 6.94. The zero-order valence-corrected chi connectivity index (χ0v) is 12.5. The van der Waals surface area contributed by atoms with Gasteiger partial charge in [-0.1, -0.05) is 35.4 Å². The maximum Gasteiger partial charge on any atom is 0.198 e. The van der Waals surface area contributed by atoms with Gasteiger partial charge in [-0.05, 0) is 25.1 Å². The van der Waals surface area contributed by atoms with E-state index in [-0.39, 0.29) is 5.78 Å². The zero-order valence-electron chi connectivity index (χ0n) is 11.7. The number of carbonyl (C=O) groups is 1. The molecule has 3 aromatic rings. The molecule has 0 unspecified atom stereocenters. The van der Waals surface area contributed by atoms with Crippen molar-refractivity contribution in [1.82, 2.24) is 4.98 Å². The monoisotopic (exact) mass is 299 g/mol. The number of carbonyl (C=O) groups excluding carboxylic acids is 1. The Morgan fingerprint density at radius 2 is 2.00 bits per heavy atom. The third-order valence-corrected chi connectivity index (χ3v) is 3.82. The van der Waals surface area contributed by atoms with Gasteiger partial charge in [-0.25, -0.2) is 0 Å². The normalized spacial score (nSPS) is 10.8. The topological polar surface area (TPSA) is 42.1 Å². The fourth-order valence-corrected chi connectivity index (χ4v) is 2.68. The SMILES string of the molecule is COc1ccc(C)cc1C(=O)c1c[nH]c2c(Cl)cccc12. The van der Waals surface area contributed by atoms with Crippen molar-refractivity contribution in [2.45, 2.75) is 6.92 Å². The largest absolute Gasteiger partial charge is 0.496 e. The van der Waals surface area contributed by atoms with Gasteiger partial charge in [0.1, 0.15) is 5.75 Å². The summed E-state index contributed by atoms with van der Waals surface area (Å²) in [5.41, 5.74) is 2.93. The number of H-pyrrole nitrogens is 1. The van der Waals surface area contributed by atoms with E-state index in [0.717, 1.165) is 16.5 Å². The predicted molar refractivity (Wildman–Crippen MR) is 84.5 cm³/mol. The van der Waals surface area contributed by atoms with Crippen LogP contribution in [0.4, 0.5) is 0 Å². The van der Waals surface area contributed by atoms with Crippen LogP contribution in [-0.2, 0) is 0 Å². The Labute approximate surface area is 127 Å². The molecule has 4 heteroatoms. The van der Waals surface area contributed by atoms with Crippen molar-refractivity contribution in [2.75, 3.05) is 7.11 Å². The van der Waals surface area contributed by atoms with Crippen LogP contribution in [-0.4, -0.2) is 17.9 Å². The molecule has 0 atom stereocenters. The molecule has 0 aliphatic rings. The Balaban J connectivity index is 2.17. The summed E-state index contributed by atoms with van der Waals surface area (Å²) in [7, 11) is 1.56. The number of halogens is 1. The number of aromatic amines is 1. The second kappa shape index (κ2) is 5.26. The highest BCUT2D eigenvalue weighted by Crippen LogP contribution is 2.29. The molecule has 0 spiro atoms. The molecule has 0 fully saturated rings. The quantitative estimate of drug-likeness (QED) is 0.730. The molecule has 1 N–H and O–H groups in total. The molecule has 0 aliphatic heterocycles. The standard InChI is InChI=1S/C17H14ClNO2/c1-10-6-7-15(21-2)12(8-10)17(20)13-9-19-16-11(13)4-3-5-14(16)18/h3-9,19H,1-2H3. The third-order valence-electron chi connectivity index (χ3n) is 3.51. The fourth-order valence-electron chi connectivity index (χ4n) is 2.45. The van der Waals surface area contributed by atoms with Gasteiger partial charge < -0.3 is 9.72 Å². The average Bonchev–Trinajstić information content (AvgIpc) is 2.92. The van der Waals surface area contributed by atoms with Crippen LogP contribution in [0, 0.1) is 6.92 Å². The molecule has 3 rings (SSSR count). The Morgan fingerprint density at radius 3 is 2.76 bits per heavy atom. The minimum Gasteiger partial charge on any atom is -0.496 e. The fraction of sp³-hybridized carbons (Fsp3) is 0.118. The van der Waals surface area contributed by atoms with Crippen molar-refractivity contribution in [2.24, 2.45) is 0 Å². The summed E-state index contributed by atoms with van der Waals surface area (Å²) in [4.78, 5) is 15.9. The summed E-state index contributed by atoms with van der Waals surface area (Å²) in [6, 6.07) is 11.1. The lowest BCUT2D eigenvalue weighted by molar-refractivity contribution is 0.103. The molecular weight excluding hydrogens is 286 g/mol. The van der Waals surface area contributed by atoms with E-state index in [9.17, 15) is 4.79 Å². The van der Waals surface area contributed by atoms with Crippen molar-refractivity contribution in [3.63, 3.8) is 0 Å². The van der Waals surface area contributed by atoms with Gasteiger partial charge in [-0.3, -0.25) is 4.79 Å². The maximum absolute atomic E-state index is 12.8. The number of rotatable bonds is 3. The van der Waals surface area contributed by atoms with Crippen molar-refractivity contribution in [3.8, 4) is 5.75 Å². The van der Waals surface area contributed by atoms with E-state index in [0.29, 0.717) is 21.9 Å². The van der Waals surface area contributed by atoms with Gasteiger partial charge in [0.25, 0.3) is 0 Å². The van der Waals surface area contributed by atoms with Crippen LogP contribution in [0.2, 0.25) is 5.02 Å². The molecule has 2 aromatic carbocycles. The lowest BCUT2D eigenvalue weighted by Crippen LogP contribution is -2.03. The Bertz CT molecular complexity index is 836. The minimum atomic E-state index is -0.0796. The first-order valence-electron chi connectivity index (χ1n) is 6.56. The summed E-state index contributed by atoms with van der Waals surface area (Å²) < 4.78 is 5.30. The summed E-state index contributed by atoms with van der Waals surface area (Å²) in [5.74, 6) is 0.492. The van der Waals surface area contributed by atoms with Crippen LogP contribution in [0.15, 0.2) is 42.6 Å². The number of ketones is 1. The van der Waals surface area contributed by atoms with E-state index in [2.05, 4.69) is 4.98 Å². The van der Waals surface area contributed by atoms with Crippen LogP contribution >= 0.6 is 11.6 Å². The molecule has 3 nitrogen and oxygen atoms in total. The van der Waals surface area contributed by atoms with E-state index >= 15 is 0 Å². The van der Waals surface area contributed by atoms with E-state index in [1.165, 1.54) is 0 Å². The second-order valence-electron chi connectivity index (χ2n) is 4.90. The molecule has 21 heavy (non-hydrogen) atoms. The molecule has 0 radical (unpaired) electrons. The summed E-state index contributed by atoms with van der Waals surface area (Å²) in [6.07, 6.45) is 1.70. The van der Waals surface area contributed by atoms with Crippen LogP contribution in [0.5, 0.6) is 5.75 Å². The number of aromatic nitrogens is 1. The Hall–Kier alpha value is -2.26. The first-order chi connectivity index (χ1) is 10.1. The third kappa shape index (κ3) is 2.30. The van der Waals surface area contributed by atoms with E-state index in [1.807, 2.05) is 37.3 Å². The molecule has 106 valence electrons. The molecular formula is C17H14ClNO2. The molecule has 0 aliphatic carbocycles. The summed E-state index contributed by atoms with van der Waals surface area (Å²) in [6.45, 7) is 1.95. The lowest BCUT2D eigenvalue weighted by Gasteiger charge is -2.08. The van der Waals surface area contributed by atoms with Gasteiger partial charge in [0.15, 0.2) is 5.78 Å². The van der Waals surface area contributed by atoms with Gasteiger partial charge in [0, 0.05) is 17.1 Å². The number of nitrogens with one attached hydrogen (secondary N) is 1. The number of ether oxygens (including phenoxy) is 1. The molecule has 0 bridgehead atoms. The van der Waals surface area contributed by atoms with Crippen molar-refractivity contribution in [1.29, 1.82) is 0 Å². The van der Waals surface area contributed by atoms with Gasteiger partial charge in [-0.15, -0.1) is 0 Å². The molecule has 0 saturated carbocycles. The number of para-hydroxylation sites is 1. The summed E-state index contributed by atoms with van der Waals surface area (Å²) in [5, 5.41) is 1.42. The average molecular weight is 300 g/mol. The zero-order chi connectivity index (χ0) is 15.0. The van der Waals surface area contributed by atoms with E-state index < -0.39 is 0 Å². The second-order valence-corrected chi connectivity index (χ2v) is 5.30. The van der Waals surface area contributed by atoms with Crippen LogP contribution in [0.3, 0.4) is 0 Å². The molecule has 0 amide bonds. The van der Waals surface area contributed by atoms with E-state index in [1.54, 1.807) is 19.4 Å². The lowest BCUT2D eigenvalue weighted by atomic mass is 10.00. The summed E-state index contributed by atoms with van der Waals surface area (Å²) >= 11 is 6.14. The first kappa shape index (κ1) is 13.7.